The molecule has 0 saturated heterocycles. The van der Waals surface area contributed by atoms with Gasteiger partial charge in [-0.25, -0.2) is 13.8 Å². The number of hydrogen-bond acceptors (Lipinski definition) is 6. The number of pyridine rings is 2. The Bertz CT molecular complexity index is 1920. The van der Waals surface area contributed by atoms with Gasteiger partial charge >= 0.3 is 0 Å². The Kier molecular flexibility index (Phi) is 11.3. The zero-order valence-corrected chi connectivity index (χ0v) is 27.9. The number of anilines is 1. The molecule has 4 aromatic rings. The average Bonchev–Trinajstić information content (AvgIpc) is 3.44. The lowest BCUT2D eigenvalue weighted by Gasteiger charge is -2.14. The van der Waals surface area contributed by atoms with Gasteiger partial charge in [0.05, 0.1) is 29.1 Å². The maximum atomic E-state index is 16.3. The average molecular weight is 644 g/mol. The highest BCUT2D eigenvalue weighted by atomic mass is 32.2. The molecular weight excluding hydrogens is 601 g/mol. The fraction of sp³-hybridized carbons (Fsp3) is 0.250. The quantitative estimate of drug-likeness (QED) is 0.0776. The Balaban J connectivity index is 1.70. The molecule has 0 spiro atoms. The number of fused-ring (bicyclic) bond motifs is 1. The number of imidazole rings is 1. The number of H-pyrrole nitrogens is 1. The van der Waals surface area contributed by atoms with Crippen molar-refractivity contribution < 1.29 is 8.78 Å². The number of hydrogen-bond donors (Lipinski definition) is 4. The van der Waals surface area contributed by atoms with Crippen molar-refractivity contribution in [3.05, 3.63) is 114 Å². The van der Waals surface area contributed by atoms with Gasteiger partial charge in [0.2, 0.25) is 0 Å². The Morgan fingerprint density at radius 3 is 2.59 bits per heavy atom. The summed E-state index contributed by atoms with van der Waals surface area (Å²) in [7, 11) is 0.255. The normalized spacial score (nSPS) is 12.4. The molecule has 0 amide bonds. The molecule has 7 nitrogen and oxygen atoms in total. The van der Waals surface area contributed by atoms with E-state index in [1.807, 2.05) is 31.4 Å². The molecule has 1 aromatic carbocycles. The number of aromatic nitrogens is 4. The fourth-order valence-corrected chi connectivity index (χ4v) is 5.50. The summed E-state index contributed by atoms with van der Waals surface area (Å²) in [6, 6.07) is 4.84. The van der Waals surface area contributed by atoms with E-state index in [0.717, 1.165) is 30.5 Å². The Labute approximate surface area is 271 Å². The van der Waals surface area contributed by atoms with Gasteiger partial charge < -0.3 is 15.6 Å². The molecule has 0 saturated carbocycles. The lowest BCUT2D eigenvalue weighted by atomic mass is 10.0. The van der Waals surface area contributed by atoms with Crippen molar-refractivity contribution in [2.24, 2.45) is 0 Å². The van der Waals surface area contributed by atoms with Gasteiger partial charge in [-0.3, -0.25) is 14.7 Å². The second kappa shape index (κ2) is 15.2. The van der Waals surface area contributed by atoms with Gasteiger partial charge in [0.15, 0.2) is 5.82 Å². The molecular formula is C36H43F2N7S. The van der Waals surface area contributed by atoms with E-state index >= 15 is 4.39 Å². The fourth-order valence-electron chi connectivity index (χ4n) is 4.99. The zero-order chi connectivity index (χ0) is 33.4. The van der Waals surface area contributed by atoms with Gasteiger partial charge in [0.25, 0.3) is 0 Å². The van der Waals surface area contributed by atoms with E-state index in [-0.39, 0.29) is 17.9 Å². The number of nitrogens with one attached hydrogen (secondary N) is 4. The third-order valence-electron chi connectivity index (χ3n) is 7.34. The summed E-state index contributed by atoms with van der Waals surface area (Å²) in [4.78, 5) is 16.9. The van der Waals surface area contributed by atoms with Crippen LogP contribution in [0.5, 0.6) is 0 Å². The first-order chi connectivity index (χ1) is 22.0. The lowest BCUT2D eigenvalue weighted by Crippen LogP contribution is -2.11. The summed E-state index contributed by atoms with van der Waals surface area (Å²) in [5.41, 5.74) is 6.65. The van der Waals surface area contributed by atoms with Crippen LogP contribution in [0.25, 0.3) is 27.7 Å². The number of halogens is 2. The Hall–Kier alpha value is -4.54. The van der Waals surface area contributed by atoms with Crippen LogP contribution in [-0.4, -0.2) is 45.0 Å². The SMILES string of the molecule is C=C/C(=C\C(=C/C)c1ncc(NC)c(Cc2nc3c(-c4cc(F)cc(CNS(=C)(=C)C)c4)cncc3[nH]2)c1F)NC(=C)CCCC. The molecule has 0 unspecified atom stereocenters. The molecule has 0 atom stereocenters. The van der Waals surface area contributed by atoms with Crippen molar-refractivity contribution in [1.29, 1.82) is 0 Å². The van der Waals surface area contributed by atoms with Crippen molar-refractivity contribution in [2.75, 3.05) is 18.6 Å². The van der Waals surface area contributed by atoms with Crippen LogP contribution < -0.4 is 15.4 Å². The van der Waals surface area contributed by atoms with Crippen LogP contribution in [0.1, 0.15) is 55.8 Å². The van der Waals surface area contributed by atoms with E-state index in [1.165, 1.54) is 12.1 Å². The molecule has 0 aliphatic heterocycles. The molecule has 10 heteroatoms. The summed E-state index contributed by atoms with van der Waals surface area (Å²) in [5.74, 6) is 7.76. The first-order valence-electron chi connectivity index (χ1n) is 15.1. The number of unbranched alkanes of at least 4 members (excludes halogenated alkanes) is 1. The van der Waals surface area contributed by atoms with E-state index in [1.54, 1.807) is 31.7 Å². The molecule has 242 valence electrons. The summed E-state index contributed by atoms with van der Waals surface area (Å²) < 4.78 is 34.3. The number of benzene rings is 1. The predicted molar refractivity (Wildman–Crippen MR) is 194 cm³/mol. The third kappa shape index (κ3) is 8.58. The minimum atomic E-state index is -1.47. The summed E-state index contributed by atoms with van der Waals surface area (Å²) in [5, 5.41) is 6.34. The number of aromatic amines is 1. The molecule has 0 fully saturated rings. The van der Waals surface area contributed by atoms with Crippen LogP contribution in [0.2, 0.25) is 0 Å². The van der Waals surface area contributed by atoms with Crippen LogP contribution in [0.3, 0.4) is 0 Å². The molecule has 3 heterocycles. The monoisotopic (exact) mass is 643 g/mol. The van der Waals surface area contributed by atoms with Crippen molar-refractivity contribution in [2.45, 2.75) is 46.1 Å². The third-order valence-corrected chi connectivity index (χ3v) is 8.18. The highest BCUT2D eigenvalue weighted by Gasteiger charge is 2.20. The van der Waals surface area contributed by atoms with E-state index in [2.05, 4.69) is 62.1 Å². The van der Waals surface area contributed by atoms with Gasteiger partial charge in [-0.1, -0.05) is 44.3 Å². The van der Waals surface area contributed by atoms with Crippen LogP contribution in [-0.2, 0) is 13.0 Å². The predicted octanol–water partition coefficient (Wildman–Crippen LogP) is 8.00. The van der Waals surface area contributed by atoms with Crippen molar-refractivity contribution in [3.63, 3.8) is 0 Å². The van der Waals surface area contributed by atoms with Crippen molar-refractivity contribution in [3.8, 4) is 11.1 Å². The smallest absolute Gasteiger partial charge is 0.155 e. The Morgan fingerprint density at radius 2 is 1.91 bits per heavy atom. The maximum Gasteiger partial charge on any atom is 0.155 e. The van der Waals surface area contributed by atoms with Gasteiger partial charge in [-0.05, 0) is 67.5 Å². The summed E-state index contributed by atoms with van der Waals surface area (Å²) >= 11 is 0. The van der Waals surface area contributed by atoms with Gasteiger partial charge in [0.1, 0.15) is 17.3 Å². The van der Waals surface area contributed by atoms with E-state index in [0.29, 0.717) is 57.1 Å². The zero-order valence-electron chi connectivity index (χ0n) is 27.1. The number of nitrogens with zero attached hydrogens (tertiary/aromatic N) is 3. The van der Waals surface area contributed by atoms with E-state index < -0.39 is 15.2 Å². The molecule has 4 N–H and O–H groups in total. The highest BCUT2D eigenvalue weighted by molar-refractivity contribution is 8.25. The van der Waals surface area contributed by atoms with Gasteiger partial charge in [0, 0.05) is 54.3 Å². The second-order valence-corrected chi connectivity index (χ2v) is 14.2. The molecule has 0 bridgehead atoms. The van der Waals surface area contributed by atoms with Crippen LogP contribution in [0.15, 0.2) is 79.6 Å². The van der Waals surface area contributed by atoms with Crippen molar-refractivity contribution in [1.82, 2.24) is 30.0 Å². The largest absolute Gasteiger partial charge is 0.387 e. The lowest BCUT2D eigenvalue weighted by molar-refractivity contribution is 0.602. The molecule has 46 heavy (non-hydrogen) atoms. The van der Waals surface area contributed by atoms with Gasteiger partial charge in [-0.15, -0.1) is 0 Å². The first kappa shape index (κ1) is 34.3. The minimum Gasteiger partial charge on any atom is -0.387 e. The van der Waals surface area contributed by atoms with Crippen LogP contribution in [0.4, 0.5) is 14.5 Å². The topological polar surface area (TPSA) is 90.6 Å². The molecule has 3 aromatic heterocycles. The van der Waals surface area contributed by atoms with E-state index in [9.17, 15) is 4.39 Å². The van der Waals surface area contributed by atoms with Crippen LogP contribution in [0, 0.1) is 11.6 Å². The second-order valence-electron chi connectivity index (χ2n) is 11.3. The number of allylic oxidation sites excluding steroid dienone is 5. The maximum absolute atomic E-state index is 16.3. The van der Waals surface area contributed by atoms with Crippen LogP contribution >= 0.6 is 9.39 Å². The highest BCUT2D eigenvalue weighted by Crippen LogP contribution is 2.31. The summed E-state index contributed by atoms with van der Waals surface area (Å²) in [6.07, 6.45) is 15.2. The molecule has 0 aliphatic carbocycles. The Morgan fingerprint density at radius 1 is 1.13 bits per heavy atom. The minimum absolute atomic E-state index is 0.152. The van der Waals surface area contributed by atoms with Crippen molar-refractivity contribution >= 4 is 43.4 Å². The van der Waals surface area contributed by atoms with E-state index in [4.69, 9.17) is 4.98 Å². The molecule has 4 rings (SSSR count). The summed E-state index contributed by atoms with van der Waals surface area (Å²) in [6.45, 7) is 12.4. The molecule has 0 aliphatic rings. The molecule has 0 radical (unpaired) electrons. The first-order valence-corrected chi connectivity index (χ1v) is 17.5. The number of rotatable bonds is 15. The standard InChI is InChI=1S/C36H43F2N7S/c1-9-12-13-23(4)43-28(11-3)17-25(10-2)35-34(38)29(31(39-5)22-41-35)18-33-44-32-21-40-20-30(36(32)45-33)26-14-24(15-27(37)16-26)19-42-46(6,7)8/h10-11,14-17,20-22,39,42-43H,3-4,6-7,9,12-13,18-19H2,1-2,5,8H3,(H,44,45)/b25-10+,28-17+. The van der Waals surface area contributed by atoms with Gasteiger partial charge in [-0.2, -0.15) is 9.39 Å².